The van der Waals surface area contributed by atoms with E-state index in [1.165, 1.54) is 5.56 Å². The van der Waals surface area contributed by atoms with Crippen molar-refractivity contribution in [3.05, 3.63) is 29.3 Å². The van der Waals surface area contributed by atoms with Crippen LogP contribution >= 0.6 is 0 Å². The zero-order chi connectivity index (χ0) is 14.0. The number of aromatic hydroxyl groups is 1. The smallest absolute Gasteiger partial charge is 0.120 e. The van der Waals surface area contributed by atoms with Crippen LogP contribution in [0.2, 0.25) is 0 Å². The van der Waals surface area contributed by atoms with Crippen molar-refractivity contribution < 1.29 is 5.11 Å². The molecule has 3 nitrogen and oxygen atoms in total. The maximum absolute atomic E-state index is 10.3. The number of hydrogen-bond acceptors (Lipinski definition) is 3. The molecule has 1 aliphatic rings. The van der Waals surface area contributed by atoms with Gasteiger partial charge in [0.1, 0.15) is 5.75 Å². The van der Waals surface area contributed by atoms with Crippen LogP contribution in [0.3, 0.4) is 0 Å². The van der Waals surface area contributed by atoms with Crippen molar-refractivity contribution in [2.45, 2.75) is 33.7 Å². The summed E-state index contributed by atoms with van der Waals surface area (Å²) in [6.07, 6.45) is 0. The number of rotatable bonds is 2. The highest BCUT2D eigenvalue weighted by atomic mass is 16.3. The second-order valence-corrected chi connectivity index (χ2v) is 6.62. The first-order valence-electron chi connectivity index (χ1n) is 7.14. The highest BCUT2D eigenvalue weighted by molar-refractivity contribution is 5.39. The molecule has 0 amide bonds. The fourth-order valence-electron chi connectivity index (χ4n) is 3.04. The highest BCUT2D eigenvalue weighted by Gasteiger charge is 2.34. The first-order chi connectivity index (χ1) is 8.89. The zero-order valence-corrected chi connectivity index (χ0v) is 12.5. The monoisotopic (exact) mass is 262 g/mol. The summed E-state index contributed by atoms with van der Waals surface area (Å²) in [6, 6.07) is 6.18. The Bertz CT molecular complexity index is 431. The quantitative estimate of drug-likeness (QED) is 0.860. The molecule has 0 radical (unpaired) electrons. The van der Waals surface area contributed by atoms with Gasteiger partial charge < -0.3 is 10.4 Å². The summed E-state index contributed by atoms with van der Waals surface area (Å²) < 4.78 is 0. The first kappa shape index (κ1) is 14.4. The second kappa shape index (κ2) is 5.51. The largest absolute Gasteiger partial charge is 0.508 e. The summed E-state index contributed by atoms with van der Waals surface area (Å²) in [5, 5.41) is 13.7. The van der Waals surface area contributed by atoms with Crippen molar-refractivity contribution in [3.63, 3.8) is 0 Å². The molecule has 19 heavy (non-hydrogen) atoms. The lowest BCUT2D eigenvalue weighted by Crippen LogP contribution is -2.48. The minimum atomic E-state index is 0.0998. The third kappa shape index (κ3) is 3.28. The van der Waals surface area contributed by atoms with Gasteiger partial charge in [-0.3, -0.25) is 4.90 Å². The van der Waals surface area contributed by atoms with E-state index in [0.717, 1.165) is 31.7 Å². The van der Waals surface area contributed by atoms with Crippen LogP contribution in [0, 0.1) is 12.3 Å². The Hall–Kier alpha value is -1.06. The van der Waals surface area contributed by atoms with E-state index in [1.54, 1.807) is 0 Å². The Morgan fingerprint density at radius 2 is 1.84 bits per heavy atom. The van der Waals surface area contributed by atoms with Gasteiger partial charge in [0, 0.05) is 37.8 Å². The minimum Gasteiger partial charge on any atom is -0.508 e. The van der Waals surface area contributed by atoms with Crippen LogP contribution in [0.15, 0.2) is 18.2 Å². The van der Waals surface area contributed by atoms with Gasteiger partial charge in [0.2, 0.25) is 0 Å². The van der Waals surface area contributed by atoms with E-state index in [-0.39, 0.29) is 11.5 Å². The van der Waals surface area contributed by atoms with Crippen LogP contribution < -0.4 is 5.32 Å². The molecule has 0 saturated carbocycles. The Morgan fingerprint density at radius 3 is 2.42 bits per heavy atom. The Morgan fingerprint density at radius 1 is 1.21 bits per heavy atom. The second-order valence-electron chi connectivity index (χ2n) is 6.62. The molecule has 1 fully saturated rings. The van der Waals surface area contributed by atoms with Gasteiger partial charge in [-0.15, -0.1) is 0 Å². The minimum absolute atomic E-state index is 0.0998. The number of phenols is 1. The lowest BCUT2D eigenvalue weighted by atomic mass is 9.80. The predicted octanol–water partition coefficient (Wildman–Crippen LogP) is 2.69. The van der Waals surface area contributed by atoms with Crippen molar-refractivity contribution in [2.75, 3.05) is 26.2 Å². The lowest BCUT2D eigenvalue weighted by molar-refractivity contribution is 0.0842. The van der Waals surface area contributed by atoms with Crippen LogP contribution in [-0.4, -0.2) is 36.2 Å². The maximum atomic E-state index is 10.3. The SMILES string of the molecule is Cc1ccc(O)c([C@H](N2CCNCC2)C(C)(C)C)c1. The first-order valence-corrected chi connectivity index (χ1v) is 7.14. The van der Waals surface area contributed by atoms with Gasteiger partial charge in [-0.2, -0.15) is 0 Å². The Balaban J connectivity index is 2.39. The van der Waals surface area contributed by atoms with Gasteiger partial charge in [0.25, 0.3) is 0 Å². The van der Waals surface area contributed by atoms with Gasteiger partial charge in [-0.05, 0) is 18.4 Å². The van der Waals surface area contributed by atoms with Crippen molar-refractivity contribution in [1.29, 1.82) is 0 Å². The van der Waals surface area contributed by atoms with Crippen LogP contribution in [0.25, 0.3) is 0 Å². The molecule has 0 spiro atoms. The van der Waals surface area contributed by atoms with E-state index in [0.29, 0.717) is 5.75 Å². The number of nitrogens with zero attached hydrogens (tertiary/aromatic N) is 1. The molecule has 1 aromatic carbocycles. The van der Waals surface area contributed by atoms with E-state index in [1.807, 2.05) is 12.1 Å². The number of aryl methyl sites for hydroxylation is 1. The molecule has 0 aliphatic carbocycles. The van der Waals surface area contributed by atoms with Crippen molar-refractivity contribution in [2.24, 2.45) is 5.41 Å². The molecular weight excluding hydrogens is 236 g/mol. The summed E-state index contributed by atoms with van der Waals surface area (Å²) in [5.74, 6) is 0.420. The zero-order valence-electron chi connectivity index (χ0n) is 12.5. The van der Waals surface area contributed by atoms with E-state index in [2.05, 4.69) is 44.0 Å². The molecule has 0 aromatic heterocycles. The molecule has 1 aromatic rings. The molecule has 1 aliphatic heterocycles. The van der Waals surface area contributed by atoms with Gasteiger partial charge in [0.05, 0.1) is 0 Å². The highest BCUT2D eigenvalue weighted by Crippen LogP contribution is 2.41. The fourth-order valence-corrected chi connectivity index (χ4v) is 3.04. The molecule has 106 valence electrons. The topological polar surface area (TPSA) is 35.5 Å². The normalized spacial score (nSPS) is 19.4. The number of piperazine rings is 1. The predicted molar refractivity (Wildman–Crippen MR) is 79.5 cm³/mol. The maximum Gasteiger partial charge on any atom is 0.120 e. The summed E-state index contributed by atoms with van der Waals surface area (Å²) in [7, 11) is 0. The number of hydrogen-bond donors (Lipinski definition) is 2. The molecule has 0 bridgehead atoms. The molecule has 2 N–H and O–H groups in total. The number of phenolic OH excluding ortho intramolecular Hbond substituents is 1. The summed E-state index contributed by atoms with van der Waals surface area (Å²) in [5.41, 5.74) is 2.37. The molecule has 0 unspecified atom stereocenters. The summed E-state index contributed by atoms with van der Waals surface area (Å²) in [4.78, 5) is 2.49. The van der Waals surface area contributed by atoms with E-state index >= 15 is 0 Å². The van der Waals surface area contributed by atoms with Gasteiger partial charge in [-0.1, -0.05) is 38.5 Å². The van der Waals surface area contributed by atoms with Crippen LogP contribution in [-0.2, 0) is 0 Å². The average molecular weight is 262 g/mol. The average Bonchev–Trinajstić information content (AvgIpc) is 2.33. The molecular formula is C16H26N2O. The standard InChI is InChI=1S/C16H26N2O/c1-12-5-6-14(19)13(11-12)15(16(2,3)4)18-9-7-17-8-10-18/h5-6,11,15,17,19H,7-10H2,1-4H3/t15-/m0/s1. The number of nitrogens with one attached hydrogen (secondary N) is 1. The molecule has 1 saturated heterocycles. The van der Waals surface area contributed by atoms with Crippen molar-refractivity contribution in [1.82, 2.24) is 10.2 Å². The molecule has 2 rings (SSSR count). The third-order valence-electron chi connectivity index (χ3n) is 3.81. The van der Waals surface area contributed by atoms with Gasteiger partial charge in [-0.25, -0.2) is 0 Å². The van der Waals surface area contributed by atoms with E-state index < -0.39 is 0 Å². The van der Waals surface area contributed by atoms with Gasteiger partial charge in [0.15, 0.2) is 0 Å². The van der Waals surface area contributed by atoms with Crippen LogP contribution in [0.1, 0.15) is 37.9 Å². The van der Waals surface area contributed by atoms with Crippen LogP contribution in [0.5, 0.6) is 5.75 Å². The number of benzene rings is 1. The lowest BCUT2D eigenvalue weighted by Gasteiger charge is -2.42. The summed E-state index contributed by atoms with van der Waals surface area (Å²) >= 11 is 0. The molecule has 1 atom stereocenters. The Labute approximate surface area is 116 Å². The molecule has 3 heteroatoms. The Kier molecular flexibility index (Phi) is 4.16. The van der Waals surface area contributed by atoms with Crippen LogP contribution in [0.4, 0.5) is 0 Å². The van der Waals surface area contributed by atoms with Gasteiger partial charge >= 0.3 is 0 Å². The summed E-state index contributed by atoms with van der Waals surface area (Å²) in [6.45, 7) is 13.0. The van der Waals surface area contributed by atoms with Crippen molar-refractivity contribution in [3.8, 4) is 5.75 Å². The third-order valence-corrected chi connectivity index (χ3v) is 3.81. The fraction of sp³-hybridized carbons (Fsp3) is 0.625. The van der Waals surface area contributed by atoms with Crippen molar-refractivity contribution >= 4 is 0 Å². The van der Waals surface area contributed by atoms with E-state index in [9.17, 15) is 5.11 Å². The molecule has 1 heterocycles. The van der Waals surface area contributed by atoms with E-state index in [4.69, 9.17) is 0 Å².